The van der Waals surface area contributed by atoms with E-state index in [1.165, 1.54) is 24.3 Å². The zero-order valence-electron chi connectivity index (χ0n) is 21.4. The Labute approximate surface area is 231 Å². The van der Waals surface area contributed by atoms with Gasteiger partial charge in [-0.2, -0.15) is 36.3 Å². The van der Waals surface area contributed by atoms with Gasteiger partial charge < -0.3 is 9.47 Å². The first-order chi connectivity index (χ1) is 18.4. The smallest absolute Gasteiger partial charge is 0.422 e. The Hall–Kier alpha value is -3.20. The minimum atomic E-state index is -4.69. The summed E-state index contributed by atoms with van der Waals surface area (Å²) in [6.07, 6.45) is -9.38. The lowest BCUT2D eigenvalue weighted by atomic mass is 9.87. The van der Waals surface area contributed by atoms with E-state index >= 15 is 0 Å². The van der Waals surface area contributed by atoms with Crippen LogP contribution in [0.4, 0.5) is 32.0 Å². The lowest BCUT2D eigenvalue weighted by Gasteiger charge is -2.19. The fourth-order valence-electron chi connectivity index (χ4n) is 3.09. The fourth-order valence-corrected chi connectivity index (χ4v) is 4.90. The molecule has 3 aromatic rings. The molecule has 0 atom stereocenters. The molecule has 0 aliphatic rings. The molecule has 0 amide bonds. The van der Waals surface area contributed by atoms with Crippen molar-refractivity contribution >= 4 is 27.5 Å². The molecule has 7 nitrogen and oxygen atoms in total. The largest absolute Gasteiger partial charge is 0.468 e. The Balaban J connectivity index is 1.67. The number of rotatable bonds is 10. The third-order valence-corrected chi connectivity index (χ3v) is 7.40. The zero-order valence-corrected chi connectivity index (χ0v) is 23.1. The van der Waals surface area contributed by atoms with E-state index < -0.39 is 47.3 Å². The summed E-state index contributed by atoms with van der Waals surface area (Å²) in [5, 5.41) is 0. The molecule has 0 saturated carbocycles. The van der Waals surface area contributed by atoms with Crippen molar-refractivity contribution in [3.63, 3.8) is 0 Å². The molecule has 0 aliphatic heterocycles. The molecule has 1 aromatic heterocycles. The van der Waals surface area contributed by atoms with Crippen molar-refractivity contribution in [2.24, 2.45) is 0 Å². The van der Waals surface area contributed by atoms with Crippen LogP contribution in [0.25, 0.3) is 0 Å². The second kappa shape index (κ2) is 12.1. The van der Waals surface area contributed by atoms with Gasteiger partial charge in [0.25, 0.3) is 10.0 Å². The van der Waals surface area contributed by atoms with E-state index in [0.29, 0.717) is 4.90 Å². The van der Waals surface area contributed by atoms with Gasteiger partial charge in [-0.15, -0.1) is 11.8 Å². The Morgan fingerprint density at radius 2 is 1.30 bits per heavy atom. The molecule has 2 aromatic carbocycles. The van der Waals surface area contributed by atoms with Gasteiger partial charge in [-0.05, 0) is 47.4 Å². The van der Waals surface area contributed by atoms with Crippen molar-refractivity contribution < 1.29 is 44.2 Å². The van der Waals surface area contributed by atoms with Gasteiger partial charge in [0.1, 0.15) is 5.82 Å². The van der Waals surface area contributed by atoms with Crippen LogP contribution in [-0.4, -0.2) is 44.0 Å². The molecule has 218 valence electrons. The van der Waals surface area contributed by atoms with E-state index in [0.717, 1.165) is 23.4 Å². The van der Waals surface area contributed by atoms with E-state index in [2.05, 4.69) is 24.2 Å². The summed E-state index contributed by atoms with van der Waals surface area (Å²) in [7, 11) is -3.85. The number of ether oxygens (including phenoxy) is 2. The van der Waals surface area contributed by atoms with Gasteiger partial charge in [0, 0.05) is 10.6 Å². The lowest BCUT2D eigenvalue weighted by molar-refractivity contribution is -0.154. The molecule has 0 unspecified atom stereocenters. The summed E-state index contributed by atoms with van der Waals surface area (Å²) in [4.78, 5) is 8.31. The van der Waals surface area contributed by atoms with Crippen LogP contribution in [0.15, 0.2) is 64.4 Å². The highest BCUT2D eigenvalue weighted by atomic mass is 32.2. The Bertz CT molecular complexity index is 1350. The number of nitrogens with one attached hydrogen (secondary N) is 1. The Kier molecular flexibility index (Phi) is 9.50. The number of alkyl halides is 6. The number of aromatic nitrogens is 2. The van der Waals surface area contributed by atoms with Crippen molar-refractivity contribution in [2.75, 3.05) is 17.9 Å². The molecule has 0 spiro atoms. The Morgan fingerprint density at radius 3 is 1.75 bits per heavy atom. The number of halogens is 6. The number of hydrogen-bond donors (Lipinski definition) is 1. The molecular weight excluding hydrogens is 584 g/mol. The molecule has 1 N–H and O–H groups in total. The molecule has 1 heterocycles. The predicted octanol–water partition coefficient (Wildman–Crippen LogP) is 6.75. The van der Waals surface area contributed by atoms with E-state index in [-0.39, 0.29) is 27.6 Å². The second-order valence-electron chi connectivity index (χ2n) is 9.46. The topological polar surface area (TPSA) is 90.4 Å². The maximum absolute atomic E-state index is 12.8. The zero-order chi connectivity index (χ0) is 29.8. The van der Waals surface area contributed by atoms with Crippen LogP contribution < -0.4 is 14.2 Å². The maximum atomic E-state index is 12.8. The van der Waals surface area contributed by atoms with Gasteiger partial charge >= 0.3 is 12.4 Å². The van der Waals surface area contributed by atoms with E-state index in [4.69, 9.17) is 0 Å². The highest BCUT2D eigenvalue weighted by Crippen LogP contribution is 2.28. The highest BCUT2D eigenvalue weighted by molar-refractivity contribution is 7.98. The number of thioether (sulfide) groups is 1. The third-order valence-electron chi connectivity index (χ3n) is 5.00. The monoisotopic (exact) mass is 609 g/mol. The predicted molar refractivity (Wildman–Crippen MR) is 137 cm³/mol. The minimum Gasteiger partial charge on any atom is -0.468 e. The number of anilines is 1. The van der Waals surface area contributed by atoms with Gasteiger partial charge in [0.15, 0.2) is 13.2 Å². The molecule has 0 bridgehead atoms. The van der Waals surface area contributed by atoms with E-state index in [1.807, 2.05) is 20.8 Å². The summed E-state index contributed by atoms with van der Waals surface area (Å²) >= 11 is 1.11. The highest BCUT2D eigenvalue weighted by Gasteiger charge is 2.30. The van der Waals surface area contributed by atoms with Crippen LogP contribution in [0.1, 0.15) is 32.2 Å². The van der Waals surface area contributed by atoms with Gasteiger partial charge in [-0.3, -0.25) is 4.72 Å². The van der Waals surface area contributed by atoms with Crippen molar-refractivity contribution in [1.82, 2.24) is 9.97 Å². The summed E-state index contributed by atoms with van der Waals surface area (Å²) < 4.78 is 112. The second-order valence-corrected chi connectivity index (χ2v) is 12.2. The van der Waals surface area contributed by atoms with Gasteiger partial charge in [0.2, 0.25) is 11.8 Å². The van der Waals surface area contributed by atoms with Crippen LogP contribution in [0.3, 0.4) is 0 Å². The van der Waals surface area contributed by atoms with E-state index in [1.54, 1.807) is 24.3 Å². The van der Waals surface area contributed by atoms with Crippen molar-refractivity contribution in [3.8, 4) is 11.8 Å². The summed E-state index contributed by atoms with van der Waals surface area (Å²) in [5.74, 6) is -1.39. The number of benzene rings is 2. The maximum Gasteiger partial charge on any atom is 0.422 e. The van der Waals surface area contributed by atoms with Crippen LogP contribution in [0.5, 0.6) is 11.8 Å². The summed E-state index contributed by atoms with van der Waals surface area (Å²) in [6, 6.07) is 13.4. The third kappa shape index (κ3) is 10.1. The molecule has 15 heteroatoms. The molecular formula is C25H25F6N3O4S2. The average molecular weight is 610 g/mol. The SMILES string of the molecule is CC(C)(C)c1ccc(S(=O)(=O)Nc2ccc(SCc3nc(OCC(F)(F)F)cc(OCC(F)(F)F)n3)cc2)cc1. The average Bonchev–Trinajstić information content (AvgIpc) is 2.84. The molecule has 0 saturated heterocycles. The number of hydrogen-bond acceptors (Lipinski definition) is 7. The normalized spacial score (nSPS) is 12.7. The number of nitrogens with zero attached hydrogens (tertiary/aromatic N) is 2. The summed E-state index contributed by atoms with van der Waals surface area (Å²) in [6.45, 7) is 2.64. The molecule has 3 rings (SSSR count). The van der Waals surface area contributed by atoms with Crippen molar-refractivity contribution in [1.29, 1.82) is 0 Å². The van der Waals surface area contributed by atoms with Crippen molar-refractivity contribution in [2.45, 2.75) is 54.1 Å². The quantitative estimate of drug-likeness (QED) is 0.201. The van der Waals surface area contributed by atoms with Crippen LogP contribution >= 0.6 is 11.8 Å². The van der Waals surface area contributed by atoms with E-state index in [9.17, 15) is 34.8 Å². The molecule has 0 fully saturated rings. The van der Waals surface area contributed by atoms with Crippen LogP contribution in [-0.2, 0) is 21.2 Å². The molecule has 0 aliphatic carbocycles. The number of sulfonamides is 1. The van der Waals surface area contributed by atoms with Crippen LogP contribution in [0, 0.1) is 0 Å². The standard InChI is InChI=1S/C25H25F6N3O4S2/c1-23(2,3)16-4-10-19(11-5-16)40(35,36)34-17-6-8-18(9-7-17)39-13-20-32-21(37-14-24(26,27)28)12-22(33-20)38-15-25(29,30)31/h4-12,34H,13-15H2,1-3H3. The van der Waals surface area contributed by atoms with Crippen molar-refractivity contribution in [3.05, 3.63) is 66.0 Å². The van der Waals surface area contributed by atoms with Gasteiger partial charge in [-0.1, -0.05) is 32.9 Å². The van der Waals surface area contributed by atoms with Crippen LogP contribution in [0.2, 0.25) is 0 Å². The lowest BCUT2D eigenvalue weighted by Crippen LogP contribution is -2.21. The first kappa shape index (κ1) is 31.3. The molecule has 0 radical (unpaired) electrons. The first-order valence-electron chi connectivity index (χ1n) is 11.5. The minimum absolute atomic E-state index is 0.0587. The first-order valence-corrected chi connectivity index (χ1v) is 14.0. The Morgan fingerprint density at radius 1 is 0.800 bits per heavy atom. The summed E-state index contributed by atoms with van der Waals surface area (Å²) in [5.41, 5.74) is 1.13. The molecule has 40 heavy (non-hydrogen) atoms. The van der Waals surface area contributed by atoms with Gasteiger partial charge in [0.05, 0.1) is 16.7 Å². The fraction of sp³-hybridized carbons (Fsp3) is 0.360. The van der Waals surface area contributed by atoms with Gasteiger partial charge in [-0.25, -0.2) is 8.42 Å².